The summed E-state index contributed by atoms with van der Waals surface area (Å²) in [6, 6.07) is 14.9. The van der Waals surface area contributed by atoms with Gasteiger partial charge in [-0.3, -0.25) is 4.79 Å². The van der Waals surface area contributed by atoms with Crippen LogP contribution in [0.2, 0.25) is 0 Å². The summed E-state index contributed by atoms with van der Waals surface area (Å²) in [4.78, 5) is 11.6. The van der Waals surface area contributed by atoms with E-state index in [1.54, 1.807) is 6.07 Å². The van der Waals surface area contributed by atoms with Gasteiger partial charge in [-0.1, -0.05) is 30.3 Å². The smallest absolute Gasteiger partial charge is 0.246 e. The monoisotopic (exact) mass is 333 g/mol. The molecule has 0 saturated carbocycles. The van der Waals surface area contributed by atoms with Gasteiger partial charge in [0.2, 0.25) is 5.91 Å². The zero-order valence-corrected chi connectivity index (χ0v) is 13.2. The number of carbonyl (C=O) groups excluding carboxylic acids is 1. The number of rotatable bonds is 9. The Kier molecular flexibility index (Phi) is 7.20. The van der Waals surface area contributed by atoms with E-state index < -0.39 is 11.9 Å². The Bertz CT molecular complexity index is 636. The van der Waals surface area contributed by atoms with Gasteiger partial charge in [0, 0.05) is 6.54 Å². The molecular weight excluding hydrogens is 313 g/mol. The topological polar surface area (TPSA) is 67.8 Å². The Morgan fingerprint density at radius 1 is 1.12 bits per heavy atom. The number of amides is 1. The number of para-hydroxylation sites is 1. The van der Waals surface area contributed by atoms with Crippen molar-refractivity contribution in [1.29, 1.82) is 0 Å². The second-order valence-corrected chi connectivity index (χ2v) is 5.09. The number of hydrogen-bond acceptors (Lipinski definition) is 4. The molecule has 2 rings (SSSR count). The molecule has 5 nitrogen and oxygen atoms in total. The SMILES string of the molecule is O=C(COCCOc1ccccc1)NC[C@H](O)c1cccc(F)c1. The molecule has 0 aliphatic carbocycles. The number of ether oxygens (including phenoxy) is 2. The molecule has 2 N–H and O–H groups in total. The number of aliphatic hydroxyl groups excluding tert-OH is 1. The summed E-state index contributed by atoms with van der Waals surface area (Å²) >= 11 is 0. The maximum atomic E-state index is 13.1. The molecule has 6 heteroatoms. The van der Waals surface area contributed by atoms with Crippen molar-refractivity contribution in [3.63, 3.8) is 0 Å². The van der Waals surface area contributed by atoms with Crippen molar-refractivity contribution in [2.45, 2.75) is 6.10 Å². The number of carbonyl (C=O) groups is 1. The largest absolute Gasteiger partial charge is 0.491 e. The van der Waals surface area contributed by atoms with Gasteiger partial charge in [-0.15, -0.1) is 0 Å². The second kappa shape index (κ2) is 9.64. The van der Waals surface area contributed by atoms with Crippen molar-refractivity contribution in [1.82, 2.24) is 5.32 Å². The van der Waals surface area contributed by atoms with Gasteiger partial charge in [0.05, 0.1) is 12.7 Å². The van der Waals surface area contributed by atoms with Crippen LogP contribution in [-0.2, 0) is 9.53 Å². The minimum absolute atomic E-state index is 0.00778. The van der Waals surface area contributed by atoms with Crippen LogP contribution in [0.3, 0.4) is 0 Å². The fourth-order valence-electron chi connectivity index (χ4n) is 1.99. The Balaban J connectivity index is 1.58. The predicted octanol–water partition coefficient (Wildman–Crippen LogP) is 2.07. The van der Waals surface area contributed by atoms with Crippen LogP contribution in [0, 0.1) is 5.82 Å². The van der Waals surface area contributed by atoms with Crippen molar-refractivity contribution in [3.05, 3.63) is 66.0 Å². The lowest BCUT2D eigenvalue weighted by Gasteiger charge is -2.12. The van der Waals surface area contributed by atoms with Crippen molar-refractivity contribution in [2.75, 3.05) is 26.4 Å². The molecule has 1 amide bonds. The van der Waals surface area contributed by atoms with Crippen LogP contribution in [0.4, 0.5) is 4.39 Å². The molecule has 0 aliphatic heterocycles. The lowest BCUT2D eigenvalue weighted by Crippen LogP contribution is -2.32. The first-order valence-corrected chi connectivity index (χ1v) is 7.61. The molecule has 0 unspecified atom stereocenters. The van der Waals surface area contributed by atoms with Crippen LogP contribution in [0.5, 0.6) is 5.75 Å². The third-order valence-electron chi connectivity index (χ3n) is 3.20. The third kappa shape index (κ3) is 6.36. The quantitative estimate of drug-likeness (QED) is 0.690. The van der Waals surface area contributed by atoms with Gasteiger partial charge in [-0.05, 0) is 29.8 Å². The van der Waals surface area contributed by atoms with Crippen molar-refractivity contribution < 1.29 is 23.8 Å². The molecule has 0 spiro atoms. The lowest BCUT2D eigenvalue weighted by atomic mass is 10.1. The molecule has 2 aromatic rings. The Hall–Kier alpha value is -2.44. The molecule has 128 valence electrons. The number of halogens is 1. The minimum Gasteiger partial charge on any atom is -0.491 e. The van der Waals surface area contributed by atoms with Crippen LogP contribution in [0.15, 0.2) is 54.6 Å². The number of aliphatic hydroxyl groups is 1. The first-order chi connectivity index (χ1) is 11.6. The van der Waals surface area contributed by atoms with E-state index in [1.165, 1.54) is 18.2 Å². The molecule has 0 bridgehead atoms. The van der Waals surface area contributed by atoms with E-state index >= 15 is 0 Å². The highest BCUT2D eigenvalue weighted by molar-refractivity contribution is 5.77. The first kappa shape index (κ1) is 17.9. The second-order valence-electron chi connectivity index (χ2n) is 5.09. The number of nitrogens with one attached hydrogen (secondary N) is 1. The zero-order chi connectivity index (χ0) is 17.2. The van der Waals surface area contributed by atoms with Crippen molar-refractivity contribution in [3.8, 4) is 5.75 Å². The minimum atomic E-state index is -0.967. The van der Waals surface area contributed by atoms with Gasteiger partial charge < -0.3 is 19.9 Å². The molecular formula is C18H20FNO4. The molecule has 0 saturated heterocycles. The summed E-state index contributed by atoms with van der Waals surface area (Å²) in [6.45, 7) is 0.470. The van der Waals surface area contributed by atoms with E-state index in [4.69, 9.17) is 9.47 Å². The molecule has 0 fully saturated rings. The van der Waals surface area contributed by atoms with E-state index in [9.17, 15) is 14.3 Å². The summed E-state index contributed by atoms with van der Waals surface area (Å²) < 4.78 is 23.7. The molecule has 0 aromatic heterocycles. The number of benzene rings is 2. The Morgan fingerprint density at radius 2 is 1.92 bits per heavy atom. The predicted molar refractivity (Wildman–Crippen MR) is 87.1 cm³/mol. The summed E-state index contributed by atoms with van der Waals surface area (Å²) in [7, 11) is 0. The van der Waals surface area contributed by atoms with Crippen LogP contribution >= 0.6 is 0 Å². The first-order valence-electron chi connectivity index (χ1n) is 7.61. The Morgan fingerprint density at radius 3 is 2.67 bits per heavy atom. The highest BCUT2D eigenvalue weighted by Gasteiger charge is 2.10. The van der Waals surface area contributed by atoms with Gasteiger partial charge in [-0.25, -0.2) is 4.39 Å². The standard InChI is InChI=1S/C18H20FNO4/c19-15-6-4-5-14(11-15)17(21)12-20-18(22)13-23-9-10-24-16-7-2-1-3-8-16/h1-8,11,17,21H,9-10,12-13H2,(H,20,22)/t17-/m0/s1. The van der Waals surface area contributed by atoms with Crippen LogP contribution in [0.25, 0.3) is 0 Å². The maximum absolute atomic E-state index is 13.1. The van der Waals surface area contributed by atoms with E-state index in [-0.39, 0.29) is 25.7 Å². The van der Waals surface area contributed by atoms with Crippen molar-refractivity contribution >= 4 is 5.91 Å². The van der Waals surface area contributed by atoms with Crippen LogP contribution < -0.4 is 10.1 Å². The van der Waals surface area contributed by atoms with Gasteiger partial charge >= 0.3 is 0 Å². The molecule has 0 aliphatic rings. The molecule has 1 atom stereocenters. The average Bonchev–Trinajstić information content (AvgIpc) is 2.60. The highest BCUT2D eigenvalue weighted by Crippen LogP contribution is 2.12. The summed E-state index contributed by atoms with van der Waals surface area (Å²) in [5, 5.41) is 12.4. The van der Waals surface area contributed by atoms with Gasteiger partial charge in [0.25, 0.3) is 0 Å². The molecule has 0 radical (unpaired) electrons. The fraction of sp³-hybridized carbons (Fsp3) is 0.278. The van der Waals surface area contributed by atoms with Crippen LogP contribution in [0.1, 0.15) is 11.7 Å². The molecule has 2 aromatic carbocycles. The van der Waals surface area contributed by atoms with Gasteiger partial charge in [0.1, 0.15) is 24.8 Å². The van der Waals surface area contributed by atoms with Gasteiger partial charge in [0.15, 0.2) is 0 Å². The highest BCUT2D eigenvalue weighted by atomic mass is 19.1. The lowest BCUT2D eigenvalue weighted by molar-refractivity contribution is -0.126. The molecule has 24 heavy (non-hydrogen) atoms. The van der Waals surface area contributed by atoms with E-state index in [1.807, 2.05) is 30.3 Å². The van der Waals surface area contributed by atoms with E-state index in [2.05, 4.69) is 5.32 Å². The maximum Gasteiger partial charge on any atom is 0.246 e. The summed E-state index contributed by atoms with van der Waals surface area (Å²) in [6.07, 6.45) is -0.967. The van der Waals surface area contributed by atoms with Crippen molar-refractivity contribution in [2.24, 2.45) is 0 Å². The zero-order valence-electron chi connectivity index (χ0n) is 13.2. The van der Waals surface area contributed by atoms with E-state index in [0.29, 0.717) is 12.2 Å². The van der Waals surface area contributed by atoms with Crippen LogP contribution in [-0.4, -0.2) is 37.4 Å². The third-order valence-corrected chi connectivity index (χ3v) is 3.20. The van der Waals surface area contributed by atoms with Gasteiger partial charge in [-0.2, -0.15) is 0 Å². The molecule has 0 heterocycles. The summed E-state index contributed by atoms with van der Waals surface area (Å²) in [5.74, 6) is -0.0476. The number of hydrogen-bond donors (Lipinski definition) is 2. The van der Waals surface area contributed by atoms with E-state index in [0.717, 1.165) is 5.75 Å². The Labute approximate surface area is 140 Å². The average molecular weight is 333 g/mol. The summed E-state index contributed by atoms with van der Waals surface area (Å²) in [5.41, 5.74) is 0.410. The normalized spacial score (nSPS) is 11.8. The fourth-order valence-corrected chi connectivity index (χ4v) is 1.99.